The number of anilines is 1. The van der Waals surface area contributed by atoms with E-state index in [0.29, 0.717) is 21.6 Å². The van der Waals surface area contributed by atoms with E-state index in [1.807, 2.05) is 36.4 Å². The van der Waals surface area contributed by atoms with Gasteiger partial charge in [-0.3, -0.25) is 9.36 Å². The first kappa shape index (κ1) is 18.3. The molecule has 6 nitrogen and oxygen atoms in total. The number of amides is 1. The molecular weight excluding hydrogens is 372 g/mol. The number of para-hydroxylation sites is 3. The number of hydrogen-bond acceptors (Lipinski definition) is 5. The minimum Gasteiger partial charge on any atom is -0.495 e. The highest BCUT2D eigenvalue weighted by Gasteiger charge is 2.20. The summed E-state index contributed by atoms with van der Waals surface area (Å²) in [6, 6.07) is 14.7. The summed E-state index contributed by atoms with van der Waals surface area (Å²) in [6.45, 7) is 1.80. The van der Waals surface area contributed by atoms with Gasteiger partial charge < -0.3 is 10.1 Å². The fourth-order valence-corrected chi connectivity index (χ4v) is 3.33. The highest BCUT2D eigenvalue weighted by atomic mass is 35.5. The fourth-order valence-electron chi connectivity index (χ4n) is 2.31. The summed E-state index contributed by atoms with van der Waals surface area (Å²) >= 11 is 7.40. The van der Waals surface area contributed by atoms with Gasteiger partial charge in [0.2, 0.25) is 5.91 Å². The van der Waals surface area contributed by atoms with Crippen LogP contribution in [0.25, 0.3) is 5.69 Å². The number of thioether (sulfide) groups is 1. The molecule has 0 aliphatic carbocycles. The molecule has 1 N–H and O–H groups in total. The van der Waals surface area contributed by atoms with Gasteiger partial charge in [-0.2, -0.15) is 0 Å². The van der Waals surface area contributed by atoms with Gasteiger partial charge in [-0.25, -0.2) is 0 Å². The van der Waals surface area contributed by atoms with Crippen molar-refractivity contribution in [3.05, 3.63) is 59.9 Å². The SMILES string of the molecule is COc1ccccc1-n1cnnc1SC(C)C(=O)Nc1ccccc1Cl. The summed E-state index contributed by atoms with van der Waals surface area (Å²) in [5.41, 5.74) is 1.39. The lowest BCUT2D eigenvalue weighted by molar-refractivity contribution is -0.115. The Morgan fingerprint density at radius 1 is 1.23 bits per heavy atom. The van der Waals surface area contributed by atoms with Crippen LogP contribution in [0.5, 0.6) is 5.75 Å². The lowest BCUT2D eigenvalue weighted by atomic mass is 10.3. The van der Waals surface area contributed by atoms with E-state index in [9.17, 15) is 4.79 Å². The molecule has 2 aromatic carbocycles. The Morgan fingerprint density at radius 2 is 1.96 bits per heavy atom. The van der Waals surface area contributed by atoms with Crippen LogP contribution in [0, 0.1) is 0 Å². The Bertz CT molecular complexity index is 915. The number of carbonyl (C=O) groups excluding carboxylic acids is 1. The van der Waals surface area contributed by atoms with Crippen LogP contribution in [-0.4, -0.2) is 33.0 Å². The van der Waals surface area contributed by atoms with Crippen LogP contribution < -0.4 is 10.1 Å². The molecule has 0 radical (unpaired) electrons. The van der Waals surface area contributed by atoms with E-state index in [2.05, 4.69) is 15.5 Å². The van der Waals surface area contributed by atoms with Gasteiger partial charge in [0.1, 0.15) is 12.1 Å². The smallest absolute Gasteiger partial charge is 0.237 e. The second kappa shape index (κ2) is 8.25. The number of ether oxygens (including phenoxy) is 1. The predicted octanol–water partition coefficient (Wildman–Crippen LogP) is 4.05. The molecule has 0 bridgehead atoms. The first-order valence-electron chi connectivity index (χ1n) is 7.85. The molecule has 3 rings (SSSR count). The maximum atomic E-state index is 12.5. The fraction of sp³-hybridized carbons (Fsp3) is 0.167. The average molecular weight is 389 g/mol. The van der Waals surface area contributed by atoms with Gasteiger partial charge in [0, 0.05) is 0 Å². The number of methoxy groups -OCH3 is 1. The highest BCUT2D eigenvalue weighted by Crippen LogP contribution is 2.29. The summed E-state index contributed by atoms with van der Waals surface area (Å²) in [5.74, 6) is 0.528. The Hall–Kier alpha value is -2.51. The summed E-state index contributed by atoms with van der Waals surface area (Å²) < 4.78 is 7.18. The van der Waals surface area contributed by atoms with Gasteiger partial charge in [0.25, 0.3) is 0 Å². The molecule has 1 atom stereocenters. The summed E-state index contributed by atoms with van der Waals surface area (Å²) in [7, 11) is 1.61. The van der Waals surface area contributed by atoms with E-state index in [1.54, 1.807) is 37.1 Å². The second-order valence-corrected chi connectivity index (χ2v) is 7.10. The van der Waals surface area contributed by atoms with E-state index in [1.165, 1.54) is 11.8 Å². The largest absolute Gasteiger partial charge is 0.495 e. The molecule has 3 aromatic rings. The molecule has 0 fully saturated rings. The zero-order valence-electron chi connectivity index (χ0n) is 14.2. The number of carbonyl (C=O) groups is 1. The van der Waals surface area contributed by atoms with Crippen molar-refractivity contribution in [1.82, 2.24) is 14.8 Å². The van der Waals surface area contributed by atoms with Crippen LogP contribution in [0.2, 0.25) is 5.02 Å². The first-order chi connectivity index (χ1) is 12.6. The molecule has 8 heteroatoms. The van der Waals surface area contributed by atoms with E-state index in [0.717, 1.165) is 5.69 Å². The van der Waals surface area contributed by atoms with Crippen molar-refractivity contribution in [3.8, 4) is 11.4 Å². The molecule has 134 valence electrons. The van der Waals surface area contributed by atoms with Gasteiger partial charge in [-0.05, 0) is 31.2 Å². The molecule has 1 aromatic heterocycles. The zero-order chi connectivity index (χ0) is 18.5. The summed E-state index contributed by atoms with van der Waals surface area (Å²) in [4.78, 5) is 12.5. The van der Waals surface area contributed by atoms with Gasteiger partial charge in [0.15, 0.2) is 5.16 Å². The third-order valence-corrected chi connectivity index (χ3v) is 5.03. The van der Waals surface area contributed by atoms with Crippen molar-refractivity contribution in [2.75, 3.05) is 12.4 Å². The van der Waals surface area contributed by atoms with Crippen molar-refractivity contribution in [1.29, 1.82) is 0 Å². The van der Waals surface area contributed by atoms with Crippen LogP contribution in [0.1, 0.15) is 6.92 Å². The third-order valence-electron chi connectivity index (χ3n) is 3.64. The Morgan fingerprint density at radius 3 is 2.73 bits per heavy atom. The lowest BCUT2D eigenvalue weighted by Gasteiger charge is -2.14. The van der Waals surface area contributed by atoms with Crippen molar-refractivity contribution in [2.24, 2.45) is 0 Å². The molecule has 1 heterocycles. The van der Waals surface area contributed by atoms with Crippen LogP contribution in [0.3, 0.4) is 0 Å². The number of hydrogen-bond donors (Lipinski definition) is 1. The monoisotopic (exact) mass is 388 g/mol. The standard InChI is InChI=1S/C18H17ClN4O2S/c1-12(17(24)21-14-8-4-3-7-13(14)19)26-18-22-20-11-23(18)15-9-5-6-10-16(15)25-2/h3-12H,1-2H3,(H,21,24). The van der Waals surface area contributed by atoms with E-state index < -0.39 is 5.25 Å². The number of halogens is 1. The number of rotatable bonds is 6. The van der Waals surface area contributed by atoms with Crippen molar-refractivity contribution in [2.45, 2.75) is 17.3 Å². The van der Waals surface area contributed by atoms with E-state index >= 15 is 0 Å². The molecule has 0 aliphatic rings. The molecule has 0 saturated heterocycles. The van der Waals surface area contributed by atoms with E-state index in [-0.39, 0.29) is 5.91 Å². The molecular formula is C18H17ClN4O2S. The van der Waals surface area contributed by atoms with Crippen molar-refractivity contribution >= 4 is 35.0 Å². The number of nitrogens with one attached hydrogen (secondary N) is 1. The zero-order valence-corrected chi connectivity index (χ0v) is 15.8. The van der Waals surface area contributed by atoms with Crippen molar-refractivity contribution in [3.63, 3.8) is 0 Å². The molecule has 1 amide bonds. The van der Waals surface area contributed by atoms with Gasteiger partial charge in [-0.1, -0.05) is 47.6 Å². The van der Waals surface area contributed by atoms with Crippen LogP contribution >= 0.6 is 23.4 Å². The summed E-state index contributed by atoms with van der Waals surface area (Å²) in [6.07, 6.45) is 1.60. The normalized spacial score (nSPS) is 11.8. The molecule has 26 heavy (non-hydrogen) atoms. The second-order valence-electron chi connectivity index (χ2n) is 5.38. The molecule has 1 unspecified atom stereocenters. The average Bonchev–Trinajstić information content (AvgIpc) is 3.11. The summed E-state index contributed by atoms with van der Waals surface area (Å²) in [5, 5.41) is 11.6. The number of benzene rings is 2. The van der Waals surface area contributed by atoms with E-state index in [4.69, 9.17) is 16.3 Å². The first-order valence-corrected chi connectivity index (χ1v) is 9.11. The minimum atomic E-state index is -0.399. The lowest BCUT2D eigenvalue weighted by Crippen LogP contribution is -2.23. The van der Waals surface area contributed by atoms with Crippen LogP contribution in [0.4, 0.5) is 5.69 Å². The Balaban J connectivity index is 1.76. The van der Waals surface area contributed by atoms with Crippen LogP contribution in [0.15, 0.2) is 60.0 Å². The van der Waals surface area contributed by atoms with Crippen LogP contribution in [-0.2, 0) is 4.79 Å². The Labute approximate surface area is 160 Å². The molecule has 0 saturated carbocycles. The van der Waals surface area contributed by atoms with Gasteiger partial charge >= 0.3 is 0 Å². The molecule has 0 aliphatic heterocycles. The van der Waals surface area contributed by atoms with Gasteiger partial charge in [0.05, 0.1) is 28.8 Å². The topological polar surface area (TPSA) is 69.0 Å². The third kappa shape index (κ3) is 4.00. The number of aromatic nitrogens is 3. The number of nitrogens with zero attached hydrogens (tertiary/aromatic N) is 3. The Kier molecular flexibility index (Phi) is 5.80. The maximum absolute atomic E-state index is 12.5. The molecule has 0 spiro atoms. The predicted molar refractivity (Wildman–Crippen MR) is 103 cm³/mol. The van der Waals surface area contributed by atoms with Crippen molar-refractivity contribution < 1.29 is 9.53 Å². The minimum absolute atomic E-state index is 0.169. The van der Waals surface area contributed by atoms with Gasteiger partial charge in [-0.15, -0.1) is 10.2 Å². The quantitative estimate of drug-likeness (QED) is 0.645. The highest BCUT2D eigenvalue weighted by molar-refractivity contribution is 8.00. The maximum Gasteiger partial charge on any atom is 0.237 e.